The smallest absolute Gasteiger partial charge is 0.321 e. The highest BCUT2D eigenvalue weighted by atomic mass is 32.1. The van der Waals surface area contributed by atoms with Gasteiger partial charge in [-0.05, 0) is 6.42 Å². The van der Waals surface area contributed by atoms with E-state index in [0.717, 1.165) is 45.9 Å². The third-order valence-electron chi connectivity index (χ3n) is 4.08. The monoisotopic (exact) mass is 327 g/mol. The van der Waals surface area contributed by atoms with Crippen LogP contribution in [0.1, 0.15) is 6.42 Å². The van der Waals surface area contributed by atoms with Crippen molar-refractivity contribution in [3.8, 4) is 0 Å². The Morgan fingerprint density at radius 3 is 2.95 bits per heavy atom. The largest absolute Gasteiger partial charge is 0.381 e. The Kier molecular flexibility index (Phi) is 5.54. The van der Waals surface area contributed by atoms with Gasteiger partial charge in [0.25, 0.3) is 0 Å². The van der Waals surface area contributed by atoms with Crippen molar-refractivity contribution >= 4 is 22.5 Å². The Bertz CT molecular complexity index is 460. The van der Waals surface area contributed by atoms with E-state index in [1.807, 2.05) is 0 Å². The highest BCUT2D eigenvalue weighted by molar-refractivity contribution is 7.13. The number of amides is 2. The first-order chi connectivity index (χ1) is 10.8. The van der Waals surface area contributed by atoms with E-state index in [1.54, 1.807) is 5.51 Å². The molecule has 2 fully saturated rings. The van der Waals surface area contributed by atoms with Crippen LogP contribution in [0.2, 0.25) is 0 Å². The highest BCUT2D eigenvalue weighted by Crippen LogP contribution is 2.21. The summed E-state index contributed by atoms with van der Waals surface area (Å²) in [5.74, 6) is 0.458. The molecule has 0 saturated carbocycles. The SMILES string of the molecule is O=C(NCC(C1CCOC1)N1CCOCC1)Nc1nncs1. The minimum absolute atomic E-state index is 0.242. The van der Waals surface area contributed by atoms with Gasteiger partial charge in [-0.25, -0.2) is 4.79 Å². The second-order valence-corrected chi connectivity index (χ2v) is 6.25. The molecule has 0 spiro atoms. The molecule has 2 aliphatic heterocycles. The zero-order chi connectivity index (χ0) is 15.2. The second kappa shape index (κ2) is 7.82. The normalized spacial score (nSPS) is 24.1. The molecule has 2 amide bonds. The van der Waals surface area contributed by atoms with Crippen LogP contribution in [0.3, 0.4) is 0 Å². The molecule has 0 aliphatic carbocycles. The Morgan fingerprint density at radius 2 is 2.27 bits per heavy atom. The molecule has 122 valence electrons. The summed E-state index contributed by atoms with van der Waals surface area (Å²) in [5.41, 5.74) is 1.59. The lowest BCUT2D eigenvalue weighted by Crippen LogP contribution is -2.52. The first-order valence-electron chi connectivity index (χ1n) is 7.53. The lowest BCUT2D eigenvalue weighted by Gasteiger charge is -2.37. The molecule has 2 saturated heterocycles. The van der Waals surface area contributed by atoms with Crippen LogP contribution in [0.15, 0.2) is 5.51 Å². The summed E-state index contributed by atoms with van der Waals surface area (Å²) in [5, 5.41) is 13.6. The predicted molar refractivity (Wildman–Crippen MR) is 82.0 cm³/mol. The Balaban J connectivity index is 1.53. The number of rotatable bonds is 5. The van der Waals surface area contributed by atoms with Crippen LogP contribution in [-0.4, -0.2) is 73.2 Å². The van der Waals surface area contributed by atoms with Crippen LogP contribution in [0.25, 0.3) is 0 Å². The maximum absolute atomic E-state index is 12.0. The van der Waals surface area contributed by atoms with Crippen molar-refractivity contribution in [2.45, 2.75) is 12.5 Å². The second-order valence-electron chi connectivity index (χ2n) is 5.42. The third kappa shape index (κ3) is 4.13. The van der Waals surface area contributed by atoms with Gasteiger partial charge < -0.3 is 14.8 Å². The average Bonchev–Trinajstić information content (AvgIpc) is 3.22. The van der Waals surface area contributed by atoms with E-state index in [0.29, 0.717) is 17.6 Å². The standard InChI is InChI=1S/C13H21N5O3S/c19-12(16-13-17-15-9-22-13)14-7-11(10-1-4-21-8-10)18-2-5-20-6-3-18/h9-11H,1-8H2,(H2,14,16,17,19). The Labute approximate surface area is 133 Å². The minimum Gasteiger partial charge on any atom is -0.381 e. The number of hydrogen-bond donors (Lipinski definition) is 2. The predicted octanol–water partition coefficient (Wildman–Crippen LogP) is 0.397. The number of ether oxygens (including phenoxy) is 2. The zero-order valence-electron chi connectivity index (χ0n) is 12.4. The minimum atomic E-state index is -0.242. The van der Waals surface area contributed by atoms with Crippen molar-refractivity contribution in [2.75, 3.05) is 51.4 Å². The van der Waals surface area contributed by atoms with Gasteiger partial charge in [-0.3, -0.25) is 10.2 Å². The number of nitrogens with one attached hydrogen (secondary N) is 2. The fourth-order valence-corrected chi connectivity index (χ4v) is 3.37. The molecule has 22 heavy (non-hydrogen) atoms. The summed E-state index contributed by atoms with van der Waals surface area (Å²) in [6, 6.07) is 0.0421. The molecule has 0 aromatic carbocycles. The van der Waals surface area contributed by atoms with Gasteiger partial charge in [0, 0.05) is 38.2 Å². The van der Waals surface area contributed by atoms with Crippen LogP contribution < -0.4 is 10.6 Å². The van der Waals surface area contributed by atoms with E-state index in [1.165, 1.54) is 11.3 Å². The van der Waals surface area contributed by atoms with Crippen LogP contribution in [0, 0.1) is 5.92 Å². The highest BCUT2D eigenvalue weighted by Gasteiger charge is 2.31. The molecule has 1 aromatic rings. The first-order valence-corrected chi connectivity index (χ1v) is 8.41. The van der Waals surface area contributed by atoms with Crippen LogP contribution in [0.4, 0.5) is 9.93 Å². The molecule has 8 nitrogen and oxygen atoms in total. The fraction of sp³-hybridized carbons (Fsp3) is 0.769. The van der Waals surface area contributed by atoms with Crippen LogP contribution >= 0.6 is 11.3 Å². The van der Waals surface area contributed by atoms with Crippen LogP contribution in [-0.2, 0) is 9.47 Å². The van der Waals surface area contributed by atoms with E-state index < -0.39 is 0 Å². The van der Waals surface area contributed by atoms with Gasteiger partial charge >= 0.3 is 6.03 Å². The quantitative estimate of drug-likeness (QED) is 0.814. The number of carbonyl (C=O) groups is 1. The van der Waals surface area contributed by atoms with Gasteiger partial charge in [-0.15, -0.1) is 10.2 Å². The maximum atomic E-state index is 12.0. The first kappa shape index (κ1) is 15.6. The lowest BCUT2D eigenvalue weighted by molar-refractivity contribution is 0.00222. The number of hydrogen-bond acceptors (Lipinski definition) is 7. The molecular formula is C13H21N5O3S. The van der Waals surface area contributed by atoms with E-state index in [2.05, 4.69) is 25.7 Å². The summed E-state index contributed by atoms with van der Waals surface area (Å²) in [4.78, 5) is 14.4. The van der Waals surface area contributed by atoms with Crippen molar-refractivity contribution in [1.29, 1.82) is 0 Å². The van der Waals surface area contributed by atoms with Gasteiger partial charge in [0.1, 0.15) is 5.51 Å². The molecule has 2 unspecified atom stereocenters. The molecule has 0 bridgehead atoms. The molecular weight excluding hydrogens is 306 g/mol. The maximum Gasteiger partial charge on any atom is 0.321 e. The topological polar surface area (TPSA) is 88.6 Å². The van der Waals surface area contributed by atoms with E-state index in [-0.39, 0.29) is 12.1 Å². The Hall–Kier alpha value is -1.29. The molecule has 2 atom stereocenters. The number of aromatic nitrogens is 2. The number of nitrogens with zero attached hydrogens (tertiary/aromatic N) is 3. The summed E-state index contributed by atoms with van der Waals surface area (Å²) in [6.07, 6.45) is 1.04. The summed E-state index contributed by atoms with van der Waals surface area (Å²) in [6.45, 7) is 5.48. The van der Waals surface area contributed by atoms with Gasteiger partial charge in [0.05, 0.1) is 19.8 Å². The van der Waals surface area contributed by atoms with E-state index in [4.69, 9.17) is 9.47 Å². The molecule has 2 N–H and O–H groups in total. The van der Waals surface area contributed by atoms with E-state index in [9.17, 15) is 4.79 Å². The summed E-state index contributed by atoms with van der Waals surface area (Å²) >= 11 is 1.30. The van der Waals surface area contributed by atoms with Gasteiger partial charge in [-0.1, -0.05) is 11.3 Å². The van der Waals surface area contributed by atoms with Crippen molar-refractivity contribution in [1.82, 2.24) is 20.4 Å². The lowest BCUT2D eigenvalue weighted by atomic mass is 9.97. The zero-order valence-corrected chi connectivity index (χ0v) is 13.2. The van der Waals surface area contributed by atoms with E-state index >= 15 is 0 Å². The van der Waals surface area contributed by atoms with Crippen molar-refractivity contribution in [3.05, 3.63) is 5.51 Å². The van der Waals surface area contributed by atoms with Gasteiger partial charge in [-0.2, -0.15) is 0 Å². The molecule has 1 aromatic heterocycles. The van der Waals surface area contributed by atoms with Crippen molar-refractivity contribution < 1.29 is 14.3 Å². The van der Waals surface area contributed by atoms with Crippen molar-refractivity contribution in [3.63, 3.8) is 0 Å². The molecule has 2 aliphatic rings. The number of carbonyl (C=O) groups excluding carboxylic acids is 1. The van der Waals surface area contributed by atoms with Crippen molar-refractivity contribution in [2.24, 2.45) is 5.92 Å². The Morgan fingerprint density at radius 1 is 1.41 bits per heavy atom. The van der Waals surface area contributed by atoms with Gasteiger partial charge in [0.2, 0.25) is 5.13 Å². The number of morpholine rings is 1. The third-order valence-corrected chi connectivity index (χ3v) is 4.68. The fourth-order valence-electron chi connectivity index (χ4n) is 2.93. The number of anilines is 1. The average molecular weight is 327 g/mol. The summed E-state index contributed by atoms with van der Waals surface area (Å²) in [7, 11) is 0. The molecule has 9 heteroatoms. The van der Waals surface area contributed by atoms with Crippen LogP contribution in [0.5, 0.6) is 0 Å². The molecule has 0 radical (unpaired) electrons. The molecule has 3 heterocycles. The van der Waals surface area contributed by atoms with Gasteiger partial charge in [0.15, 0.2) is 0 Å². The summed E-state index contributed by atoms with van der Waals surface area (Å²) < 4.78 is 10.9. The molecule has 3 rings (SSSR count). The number of urea groups is 1.